The molecule has 108 valence electrons. The molecule has 1 heterocycles. The highest BCUT2D eigenvalue weighted by Gasteiger charge is 2.11. The summed E-state index contributed by atoms with van der Waals surface area (Å²) in [4.78, 5) is 11.8. The lowest BCUT2D eigenvalue weighted by Gasteiger charge is -2.03. The third kappa shape index (κ3) is 4.34. The summed E-state index contributed by atoms with van der Waals surface area (Å²) in [7, 11) is 0. The number of nitrogens with one attached hydrogen (secondary N) is 1. The Hall–Kier alpha value is -1.36. The number of carbonyl (C=O) groups excluding carboxylic acids is 1. The third-order valence-corrected chi connectivity index (χ3v) is 3.72. The molecule has 0 aliphatic heterocycles. The number of nitrogens with zero attached hydrogens (tertiary/aromatic N) is 1. The molecule has 20 heavy (non-hydrogen) atoms. The highest BCUT2D eigenvalue weighted by atomic mass is 79.9. The number of hydrogen-bond donors (Lipinski definition) is 1. The van der Waals surface area contributed by atoms with E-state index in [-0.39, 0.29) is 12.3 Å². The smallest absolute Gasteiger partial charge is 0.226 e. The minimum Gasteiger partial charge on any atom is -0.356 e. The predicted octanol–water partition coefficient (Wildman–Crippen LogP) is 3.44. The molecule has 1 aromatic carbocycles. The molecule has 0 aliphatic carbocycles. The highest BCUT2D eigenvalue weighted by Crippen LogP contribution is 2.17. The van der Waals surface area contributed by atoms with Gasteiger partial charge in [0.15, 0.2) is 5.58 Å². The summed E-state index contributed by atoms with van der Waals surface area (Å²) in [5, 5.41) is 8.86. The van der Waals surface area contributed by atoms with Crippen LogP contribution in [0.2, 0.25) is 0 Å². The third-order valence-electron chi connectivity index (χ3n) is 3.16. The maximum Gasteiger partial charge on any atom is 0.226 e. The summed E-state index contributed by atoms with van der Waals surface area (Å²) in [5.74, 6) is 0.00421. The second kappa shape index (κ2) is 8.04. The van der Waals surface area contributed by atoms with E-state index in [2.05, 4.69) is 26.4 Å². The molecule has 1 amide bonds. The molecule has 0 aliphatic rings. The van der Waals surface area contributed by atoms with Gasteiger partial charge in [0, 0.05) is 17.3 Å². The second-order valence-electron chi connectivity index (χ2n) is 4.76. The van der Waals surface area contributed by atoms with Crippen LogP contribution >= 0.6 is 15.9 Å². The van der Waals surface area contributed by atoms with Gasteiger partial charge >= 0.3 is 0 Å². The Labute approximate surface area is 127 Å². The van der Waals surface area contributed by atoms with E-state index < -0.39 is 0 Å². The maximum absolute atomic E-state index is 11.8. The van der Waals surface area contributed by atoms with Crippen molar-refractivity contribution in [2.24, 2.45) is 0 Å². The predicted molar refractivity (Wildman–Crippen MR) is 83.0 cm³/mol. The van der Waals surface area contributed by atoms with Crippen LogP contribution < -0.4 is 5.32 Å². The molecule has 0 fully saturated rings. The van der Waals surface area contributed by atoms with Crippen molar-refractivity contribution in [2.45, 2.75) is 32.1 Å². The largest absolute Gasteiger partial charge is 0.356 e. The number of para-hydroxylation sites is 1. The van der Waals surface area contributed by atoms with Gasteiger partial charge in [-0.3, -0.25) is 4.79 Å². The fourth-order valence-electron chi connectivity index (χ4n) is 2.08. The molecular weight excluding hydrogens is 320 g/mol. The van der Waals surface area contributed by atoms with Crippen molar-refractivity contribution in [3.63, 3.8) is 0 Å². The first-order valence-electron chi connectivity index (χ1n) is 6.97. The van der Waals surface area contributed by atoms with E-state index in [1.54, 1.807) is 0 Å². The number of carbonyl (C=O) groups is 1. The Morgan fingerprint density at radius 1 is 1.20 bits per heavy atom. The molecule has 1 aromatic heterocycles. The monoisotopic (exact) mass is 338 g/mol. The summed E-state index contributed by atoms with van der Waals surface area (Å²) in [5.41, 5.74) is 1.43. The van der Waals surface area contributed by atoms with Crippen LogP contribution in [0.3, 0.4) is 0 Å². The summed E-state index contributed by atoms with van der Waals surface area (Å²) in [6.45, 7) is 0.733. The maximum atomic E-state index is 11.8. The van der Waals surface area contributed by atoms with E-state index in [4.69, 9.17) is 4.52 Å². The first kappa shape index (κ1) is 15.0. The lowest BCUT2D eigenvalue weighted by Crippen LogP contribution is -2.26. The van der Waals surface area contributed by atoms with Gasteiger partial charge in [-0.2, -0.15) is 0 Å². The van der Waals surface area contributed by atoms with Crippen LogP contribution in [0.4, 0.5) is 0 Å². The number of rotatable bonds is 8. The Morgan fingerprint density at radius 2 is 2.00 bits per heavy atom. The molecule has 0 spiro atoms. The van der Waals surface area contributed by atoms with E-state index in [1.165, 1.54) is 12.8 Å². The summed E-state index contributed by atoms with van der Waals surface area (Å²) < 4.78 is 5.19. The first-order chi connectivity index (χ1) is 9.81. The lowest BCUT2D eigenvalue weighted by atomic mass is 10.1. The van der Waals surface area contributed by atoms with Crippen molar-refractivity contribution >= 4 is 32.8 Å². The summed E-state index contributed by atoms with van der Waals surface area (Å²) >= 11 is 3.41. The highest BCUT2D eigenvalue weighted by molar-refractivity contribution is 9.09. The van der Waals surface area contributed by atoms with Gasteiger partial charge < -0.3 is 9.84 Å². The van der Waals surface area contributed by atoms with Gasteiger partial charge in [-0.05, 0) is 25.0 Å². The van der Waals surface area contributed by atoms with E-state index in [0.29, 0.717) is 5.69 Å². The number of fused-ring (bicyclic) bond motifs is 1. The minimum absolute atomic E-state index is 0.00421. The molecule has 0 unspecified atom stereocenters. The van der Waals surface area contributed by atoms with Gasteiger partial charge in [0.2, 0.25) is 5.91 Å². The van der Waals surface area contributed by atoms with Gasteiger partial charge in [0.25, 0.3) is 0 Å². The summed E-state index contributed by atoms with van der Waals surface area (Å²) in [6.07, 6.45) is 4.85. The van der Waals surface area contributed by atoms with Crippen molar-refractivity contribution in [3.8, 4) is 0 Å². The number of alkyl halides is 1. The van der Waals surface area contributed by atoms with Gasteiger partial charge in [-0.1, -0.05) is 46.1 Å². The molecule has 5 heteroatoms. The molecule has 0 atom stereocenters. The zero-order valence-corrected chi connectivity index (χ0v) is 13.0. The number of amides is 1. The molecule has 2 aromatic rings. The van der Waals surface area contributed by atoms with Crippen LogP contribution in [0.15, 0.2) is 28.8 Å². The van der Waals surface area contributed by atoms with E-state index >= 15 is 0 Å². The number of unbranched alkanes of at least 4 members (excludes halogenated alkanes) is 3. The van der Waals surface area contributed by atoms with Crippen molar-refractivity contribution in [2.75, 3.05) is 11.9 Å². The van der Waals surface area contributed by atoms with Crippen LogP contribution in [0.1, 0.15) is 31.4 Å². The van der Waals surface area contributed by atoms with Crippen molar-refractivity contribution in [1.29, 1.82) is 0 Å². The SMILES string of the molecule is O=C(Cc1noc2ccccc12)NCCCCCCBr. The number of halogens is 1. The zero-order chi connectivity index (χ0) is 14.2. The van der Waals surface area contributed by atoms with Crippen LogP contribution in [-0.2, 0) is 11.2 Å². The topological polar surface area (TPSA) is 55.1 Å². The lowest BCUT2D eigenvalue weighted by molar-refractivity contribution is -0.120. The minimum atomic E-state index is 0.00421. The standard InChI is InChI=1S/C15H19BrN2O2/c16-9-5-1-2-6-10-17-15(19)11-13-12-7-3-4-8-14(12)20-18-13/h3-4,7-8H,1-2,5-6,9-11H2,(H,17,19). The van der Waals surface area contributed by atoms with Gasteiger partial charge in [-0.15, -0.1) is 0 Å². The fraction of sp³-hybridized carbons (Fsp3) is 0.467. The zero-order valence-electron chi connectivity index (χ0n) is 11.4. The van der Waals surface area contributed by atoms with E-state index in [1.807, 2.05) is 24.3 Å². The first-order valence-corrected chi connectivity index (χ1v) is 8.09. The van der Waals surface area contributed by atoms with Gasteiger partial charge in [0.05, 0.1) is 6.42 Å². The summed E-state index contributed by atoms with van der Waals surface area (Å²) in [6, 6.07) is 7.59. The van der Waals surface area contributed by atoms with Crippen LogP contribution in [0, 0.1) is 0 Å². The Morgan fingerprint density at radius 3 is 2.85 bits per heavy atom. The average molecular weight is 339 g/mol. The van der Waals surface area contributed by atoms with Crippen LogP contribution in [-0.4, -0.2) is 22.9 Å². The van der Waals surface area contributed by atoms with E-state index in [0.717, 1.165) is 35.7 Å². The number of hydrogen-bond acceptors (Lipinski definition) is 3. The average Bonchev–Trinajstić information content (AvgIpc) is 2.86. The Balaban J connectivity index is 1.74. The molecule has 0 saturated heterocycles. The molecular formula is C15H19BrN2O2. The van der Waals surface area contributed by atoms with Crippen molar-refractivity contribution in [1.82, 2.24) is 10.5 Å². The van der Waals surface area contributed by atoms with Gasteiger partial charge in [0.1, 0.15) is 5.69 Å². The van der Waals surface area contributed by atoms with Crippen molar-refractivity contribution < 1.29 is 9.32 Å². The quantitative estimate of drug-likeness (QED) is 0.592. The second-order valence-corrected chi connectivity index (χ2v) is 5.55. The Kier molecular flexibility index (Phi) is 6.05. The molecule has 1 N–H and O–H groups in total. The fourth-order valence-corrected chi connectivity index (χ4v) is 2.48. The van der Waals surface area contributed by atoms with Gasteiger partial charge in [-0.25, -0.2) is 0 Å². The molecule has 4 nitrogen and oxygen atoms in total. The molecule has 0 bridgehead atoms. The number of aromatic nitrogens is 1. The normalized spacial score (nSPS) is 10.8. The molecule has 2 rings (SSSR count). The molecule has 0 saturated carbocycles. The van der Waals surface area contributed by atoms with Crippen LogP contribution in [0.5, 0.6) is 0 Å². The number of benzene rings is 1. The van der Waals surface area contributed by atoms with Crippen molar-refractivity contribution in [3.05, 3.63) is 30.0 Å². The van der Waals surface area contributed by atoms with Crippen LogP contribution in [0.25, 0.3) is 11.0 Å². The van der Waals surface area contributed by atoms with E-state index in [9.17, 15) is 4.79 Å². The molecule has 0 radical (unpaired) electrons. The Bertz CT molecular complexity index is 554.